The lowest BCUT2D eigenvalue weighted by Crippen LogP contribution is -1.92. The first-order valence-electron chi connectivity index (χ1n) is 3.20. The Labute approximate surface area is 102 Å². The molecule has 0 aromatic heterocycles. The number of benzene rings is 1. The fraction of sp³-hybridized carbons (Fsp3) is 0. The first kappa shape index (κ1) is 12.0. The summed E-state index contributed by atoms with van der Waals surface area (Å²) in [5.41, 5.74) is 0.328. The van der Waals surface area contributed by atoms with Crippen LogP contribution < -0.4 is 0 Å². The second-order valence-corrected chi connectivity index (χ2v) is 6.59. The lowest BCUT2D eigenvalue weighted by atomic mass is 10.2. The summed E-state index contributed by atoms with van der Waals surface area (Å²) in [4.78, 5) is -0.0584. The third kappa shape index (κ3) is 2.48. The van der Waals surface area contributed by atoms with Crippen LogP contribution in [0, 0.1) is 11.3 Å². The molecule has 0 fully saturated rings. The molecule has 14 heavy (non-hydrogen) atoms. The minimum Gasteiger partial charge on any atom is -0.207 e. The van der Waals surface area contributed by atoms with Crippen LogP contribution in [-0.4, -0.2) is 8.42 Å². The number of halogens is 3. The number of nitriles is 1. The van der Waals surface area contributed by atoms with Crippen molar-refractivity contribution in [1.29, 1.82) is 5.26 Å². The normalized spacial score (nSPS) is 11.0. The van der Waals surface area contributed by atoms with E-state index < -0.39 is 9.05 Å². The predicted molar refractivity (Wildman–Crippen MR) is 59.6 cm³/mol. The van der Waals surface area contributed by atoms with Crippen LogP contribution in [0.2, 0.25) is 0 Å². The van der Waals surface area contributed by atoms with Gasteiger partial charge < -0.3 is 0 Å². The highest BCUT2D eigenvalue weighted by Crippen LogP contribution is 2.29. The molecule has 1 aromatic carbocycles. The van der Waals surface area contributed by atoms with Gasteiger partial charge in [-0.1, -0.05) is 0 Å². The van der Waals surface area contributed by atoms with Crippen LogP contribution in [0.1, 0.15) is 5.56 Å². The molecule has 1 aromatic rings. The Balaban J connectivity index is 3.53. The molecule has 0 atom stereocenters. The summed E-state index contributed by atoms with van der Waals surface area (Å²) >= 11 is 6.15. The molecule has 3 nitrogen and oxygen atoms in total. The molecule has 0 bridgehead atoms. The maximum absolute atomic E-state index is 11.0. The molecule has 0 radical (unpaired) electrons. The molecule has 0 heterocycles. The zero-order chi connectivity index (χ0) is 10.9. The van der Waals surface area contributed by atoms with Gasteiger partial charge in [0.05, 0.1) is 10.5 Å². The van der Waals surface area contributed by atoms with E-state index in [1.54, 1.807) is 0 Å². The molecule has 0 amide bonds. The number of rotatable bonds is 1. The number of hydrogen-bond donors (Lipinski definition) is 0. The smallest absolute Gasteiger partial charge is 0.207 e. The summed E-state index contributed by atoms with van der Waals surface area (Å²) in [5.74, 6) is 0. The van der Waals surface area contributed by atoms with E-state index >= 15 is 0 Å². The highest BCUT2D eigenvalue weighted by Gasteiger charge is 2.15. The average molecular weight is 359 g/mol. The Hall–Kier alpha value is -0.0900. The third-order valence-corrected chi connectivity index (χ3v) is 3.99. The van der Waals surface area contributed by atoms with Gasteiger partial charge in [0, 0.05) is 19.6 Å². The van der Waals surface area contributed by atoms with Crippen molar-refractivity contribution in [1.82, 2.24) is 0 Å². The predicted octanol–water partition coefficient (Wildman–Crippen LogP) is 3.01. The summed E-state index contributed by atoms with van der Waals surface area (Å²) in [7, 11) is 1.38. The molecule has 0 N–H and O–H groups in total. The summed E-state index contributed by atoms with van der Waals surface area (Å²) in [5, 5.41) is 8.70. The second kappa shape index (κ2) is 4.19. The zero-order valence-corrected chi connectivity index (χ0v) is 11.2. The third-order valence-electron chi connectivity index (χ3n) is 1.41. The maximum Gasteiger partial charge on any atom is 0.261 e. The monoisotopic (exact) mass is 357 g/mol. The van der Waals surface area contributed by atoms with E-state index in [9.17, 15) is 8.42 Å². The van der Waals surface area contributed by atoms with E-state index in [-0.39, 0.29) is 4.90 Å². The van der Waals surface area contributed by atoms with E-state index in [4.69, 9.17) is 15.9 Å². The van der Waals surface area contributed by atoms with Crippen LogP contribution in [0.15, 0.2) is 26.0 Å². The van der Waals surface area contributed by atoms with Crippen LogP contribution in [-0.2, 0) is 9.05 Å². The summed E-state index contributed by atoms with van der Waals surface area (Å²) < 4.78 is 22.7. The first-order valence-corrected chi connectivity index (χ1v) is 7.09. The molecule has 0 saturated carbocycles. The Morgan fingerprint density at radius 1 is 1.29 bits per heavy atom. The lowest BCUT2D eigenvalue weighted by Gasteiger charge is -2.01. The lowest BCUT2D eigenvalue weighted by molar-refractivity contribution is 0.609. The van der Waals surface area contributed by atoms with Crippen molar-refractivity contribution in [3.63, 3.8) is 0 Å². The number of nitrogens with zero attached hydrogens (tertiary/aromatic N) is 1. The zero-order valence-electron chi connectivity index (χ0n) is 6.46. The van der Waals surface area contributed by atoms with Crippen molar-refractivity contribution in [3.8, 4) is 6.07 Å². The van der Waals surface area contributed by atoms with Gasteiger partial charge in [-0.05, 0) is 44.0 Å². The van der Waals surface area contributed by atoms with E-state index in [2.05, 4.69) is 31.9 Å². The molecule has 1 rings (SSSR count). The maximum atomic E-state index is 11.0. The quantitative estimate of drug-likeness (QED) is 0.724. The van der Waals surface area contributed by atoms with Gasteiger partial charge in [-0.2, -0.15) is 5.26 Å². The van der Waals surface area contributed by atoms with Gasteiger partial charge in [0.1, 0.15) is 6.07 Å². The molecular weight excluding hydrogens is 357 g/mol. The van der Waals surface area contributed by atoms with Crippen molar-refractivity contribution < 1.29 is 8.42 Å². The molecule has 0 saturated heterocycles. The van der Waals surface area contributed by atoms with Crippen LogP contribution >= 0.6 is 42.5 Å². The highest BCUT2D eigenvalue weighted by atomic mass is 79.9. The van der Waals surface area contributed by atoms with Gasteiger partial charge in [0.15, 0.2) is 0 Å². The molecule has 0 aliphatic heterocycles. The molecule has 0 unspecified atom stereocenters. The summed E-state index contributed by atoms with van der Waals surface area (Å²) in [6.45, 7) is 0. The molecule has 74 valence electrons. The molecule has 0 aliphatic rings. The fourth-order valence-electron chi connectivity index (χ4n) is 0.797. The minimum atomic E-state index is -3.77. The van der Waals surface area contributed by atoms with Crippen LogP contribution in [0.4, 0.5) is 0 Å². The van der Waals surface area contributed by atoms with Crippen molar-refractivity contribution in [3.05, 3.63) is 26.6 Å². The van der Waals surface area contributed by atoms with Crippen LogP contribution in [0.5, 0.6) is 0 Å². The molecule has 7 heteroatoms. The molecular formula is C7H2Br2ClNO2S. The van der Waals surface area contributed by atoms with Gasteiger partial charge in [-0.15, -0.1) is 0 Å². The Morgan fingerprint density at radius 2 is 1.71 bits per heavy atom. The Kier molecular flexibility index (Phi) is 3.58. The summed E-state index contributed by atoms with van der Waals surface area (Å²) in [6, 6.07) is 4.48. The van der Waals surface area contributed by atoms with Crippen LogP contribution in [0.25, 0.3) is 0 Å². The first-order chi connectivity index (χ1) is 6.36. The minimum absolute atomic E-state index is 0.0584. The van der Waals surface area contributed by atoms with Crippen molar-refractivity contribution in [2.75, 3.05) is 0 Å². The SMILES string of the molecule is N#Cc1c(Br)cc(S(=O)(=O)Cl)cc1Br. The van der Waals surface area contributed by atoms with Crippen molar-refractivity contribution in [2.45, 2.75) is 4.90 Å². The molecule has 0 aliphatic carbocycles. The average Bonchev–Trinajstić information content (AvgIpc) is 2.01. The van der Waals surface area contributed by atoms with Gasteiger partial charge in [-0.3, -0.25) is 0 Å². The molecule has 0 spiro atoms. The fourth-order valence-corrected chi connectivity index (χ4v) is 3.25. The van der Waals surface area contributed by atoms with E-state index in [1.165, 1.54) is 12.1 Å². The van der Waals surface area contributed by atoms with Crippen LogP contribution in [0.3, 0.4) is 0 Å². The number of hydrogen-bond acceptors (Lipinski definition) is 3. The van der Waals surface area contributed by atoms with Gasteiger partial charge in [0.2, 0.25) is 0 Å². The van der Waals surface area contributed by atoms with E-state index in [1.807, 2.05) is 6.07 Å². The standard InChI is InChI=1S/C7H2Br2ClNO2S/c8-6-1-4(14(10,12)13)2-7(9)5(6)3-11/h1-2H. The van der Waals surface area contributed by atoms with Gasteiger partial charge in [0.25, 0.3) is 9.05 Å². The van der Waals surface area contributed by atoms with Gasteiger partial charge in [-0.25, -0.2) is 8.42 Å². The second-order valence-electron chi connectivity index (χ2n) is 2.31. The highest BCUT2D eigenvalue weighted by molar-refractivity contribution is 9.11. The van der Waals surface area contributed by atoms with E-state index in [0.29, 0.717) is 14.5 Å². The van der Waals surface area contributed by atoms with Crippen molar-refractivity contribution in [2.24, 2.45) is 0 Å². The van der Waals surface area contributed by atoms with E-state index in [0.717, 1.165) is 0 Å². The Bertz CT molecular complexity index is 498. The summed E-state index contributed by atoms with van der Waals surface area (Å²) in [6.07, 6.45) is 0. The Morgan fingerprint density at radius 3 is 2.00 bits per heavy atom. The van der Waals surface area contributed by atoms with Crippen molar-refractivity contribution >= 4 is 51.6 Å². The topological polar surface area (TPSA) is 57.9 Å². The largest absolute Gasteiger partial charge is 0.261 e. The van der Waals surface area contributed by atoms with Gasteiger partial charge >= 0.3 is 0 Å².